The Bertz CT molecular complexity index is 805. The zero-order valence-corrected chi connectivity index (χ0v) is 19.5. The number of rotatable bonds is 11. The normalized spacial score (nSPS) is 15.6. The molecule has 2 rings (SSSR count). The number of carboxylic acids is 1. The molecule has 0 aliphatic carbocycles. The van der Waals surface area contributed by atoms with Gasteiger partial charge in [0.05, 0.1) is 24.4 Å². The van der Waals surface area contributed by atoms with Crippen LogP contribution in [0, 0.1) is 16.0 Å². The van der Waals surface area contributed by atoms with E-state index in [0.29, 0.717) is 49.8 Å². The quantitative estimate of drug-likeness (QED) is 0.405. The fourth-order valence-electron chi connectivity index (χ4n) is 4.23. The van der Waals surface area contributed by atoms with Crippen LogP contribution in [0.25, 0.3) is 0 Å². The van der Waals surface area contributed by atoms with Crippen LogP contribution in [0.2, 0.25) is 0 Å². The summed E-state index contributed by atoms with van der Waals surface area (Å²) < 4.78 is 5.00. The minimum atomic E-state index is -0.933. The summed E-state index contributed by atoms with van der Waals surface area (Å²) in [6, 6.07) is 5.15. The number of likely N-dealkylation sites (tertiary alicyclic amines) is 1. The molecule has 1 aliphatic heterocycles. The number of methoxy groups -OCH3 is 1. The Morgan fingerprint density at radius 2 is 1.94 bits per heavy atom. The van der Waals surface area contributed by atoms with Gasteiger partial charge in [-0.2, -0.15) is 0 Å². The van der Waals surface area contributed by atoms with Gasteiger partial charge in [0.15, 0.2) is 0 Å². The zero-order valence-electron chi connectivity index (χ0n) is 19.5. The van der Waals surface area contributed by atoms with E-state index in [1.807, 2.05) is 4.90 Å². The third-order valence-electron chi connectivity index (χ3n) is 5.90. The van der Waals surface area contributed by atoms with E-state index in [-0.39, 0.29) is 34.9 Å². The summed E-state index contributed by atoms with van der Waals surface area (Å²) in [5.41, 5.74) is 1.20. The Hall–Kier alpha value is -2.68. The summed E-state index contributed by atoms with van der Waals surface area (Å²) in [6.07, 6.45) is 1.75. The van der Waals surface area contributed by atoms with Crippen molar-refractivity contribution in [3.05, 3.63) is 33.9 Å². The highest BCUT2D eigenvalue weighted by atomic mass is 16.6. The monoisotopic (exact) mass is 449 g/mol. The lowest BCUT2D eigenvalue weighted by Gasteiger charge is -2.40. The molecule has 1 aromatic rings. The molecule has 1 saturated heterocycles. The van der Waals surface area contributed by atoms with E-state index in [4.69, 9.17) is 9.84 Å². The lowest BCUT2D eigenvalue weighted by molar-refractivity contribution is -0.384. The van der Waals surface area contributed by atoms with Gasteiger partial charge in [-0.05, 0) is 36.3 Å². The molecule has 1 N–H and O–H groups in total. The van der Waals surface area contributed by atoms with Crippen LogP contribution in [-0.2, 0) is 14.3 Å². The highest BCUT2D eigenvalue weighted by Crippen LogP contribution is 2.36. The van der Waals surface area contributed by atoms with E-state index >= 15 is 0 Å². The van der Waals surface area contributed by atoms with E-state index < -0.39 is 5.97 Å². The number of nitrogens with zero attached hydrogens (tertiary/aromatic N) is 3. The van der Waals surface area contributed by atoms with Crippen molar-refractivity contribution >= 4 is 23.3 Å². The Balaban J connectivity index is 2.26. The number of amides is 1. The Labute approximate surface area is 189 Å². The predicted octanol–water partition coefficient (Wildman–Crippen LogP) is 3.66. The van der Waals surface area contributed by atoms with Crippen molar-refractivity contribution in [1.82, 2.24) is 4.90 Å². The van der Waals surface area contributed by atoms with Crippen LogP contribution < -0.4 is 4.90 Å². The highest BCUT2D eigenvalue weighted by Gasteiger charge is 2.31. The molecular formula is C23H35N3O6. The number of hydrogen-bond donors (Lipinski definition) is 1. The summed E-state index contributed by atoms with van der Waals surface area (Å²) in [5, 5.41) is 21.0. The number of ether oxygens (including phenoxy) is 1. The maximum atomic E-state index is 12.3. The number of hydrogen-bond acceptors (Lipinski definition) is 6. The Kier molecular flexibility index (Phi) is 9.43. The van der Waals surface area contributed by atoms with Crippen LogP contribution >= 0.6 is 0 Å². The Morgan fingerprint density at radius 1 is 1.28 bits per heavy atom. The molecule has 0 bridgehead atoms. The summed E-state index contributed by atoms with van der Waals surface area (Å²) in [6.45, 7) is 8.20. The standard InChI is InChI=1S/C23H35N3O6/c1-16(2)15-25(19-7-10-24(11-8-19)22(27)9-12-32-4)20-6-5-18(14-21(20)26(30)31)17(3)13-23(28)29/h5-6,14,16-17,19H,7-13,15H2,1-4H3,(H,28,29)/t17-/m1/s1. The fraction of sp³-hybridized carbons (Fsp3) is 0.652. The minimum absolute atomic E-state index is 0.000936. The largest absolute Gasteiger partial charge is 0.481 e. The van der Waals surface area contributed by atoms with Crippen LogP contribution in [0.5, 0.6) is 0 Å². The van der Waals surface area contributed by atoms with Gasteiger partial charge in [0, 0.05) is 38.9 Å². The summed E-state index contributed by atoms with van der Waals surface area (Å²) in [4.78, 5) is 38.9. The molecule has 1 atom stereocenters. The van der Waals surface area contributed by atoms with E-state index in [2.05, 4.69) is 18.7 Å². The smallest absolute Gasteiger partial charge is 0.303 e. The summed E-state index contributed by atoms with van der Waals surface area (Å²) in [7, 11) is 1.57. The average Bonchev–Trinajstić information content (AvgIpc) is 2.75. The second-order valence-electron chi connectivity index (χ2n) is 8.91. The number of carbonyl (C=O) groups excluding carboxylic acids is 1. The molecule has 1 heterocycles. The first kappa shape index (κ1) is 25.6. The van der Waals surface area contributed by atoms with Crippen molar-refractivity contribution in [2.24, 2.45) is 5.92 Å². The van der Waals surface area contributed by atoms with Crippen molar-refractivity contribution in [2.75, 3.05) is 38.3 Å². The lowest BCUT2D eigenvalue weighted by atomic mass is 9.95. The zero-order chi connectivity index (χ0) is 23.8. The molecule has 1 amide bonds. The molecule has 1 aliphatic rings. The second kappa shape index (κ2) is 11.8. The first-order chi connectivity index (χ1) is 15.1. The van der Waals surface area contributed by atoms with Gasteiger partial charge in [0.2, 0.25) is 5.91 Å². The van der Waals surface area contributed by atoms with Crippen LogP contribution in [0.4, 0.5) is 11.4 Å². The molecule has 0 saturated carbocycles. The molecule has 1 fully saturated rings. The van der Waals surface area contributed by atoms with Crippen molar-refractivity contribution in [2.45, 2.75) is 58.4 Å². The highest BCUT2D eigenvalue weighted by molar-refractivity contribution is 5.76. The molecular weight excluding hydrogens is 414 g/mol. The summed E-state index contributed by atoms with van der Waals surface area (Å²) in [5.74, 6) is -0.886. The SMILES string of the molecule is COCCC(=O)N1CCC(N(CC(C)C)c2ccc([C@H](C)CC(=O)O)cc2[N+](=O)[O-])CC1. The number of carbonyl (C=O) groups is 2. The summed E-state index contributed by atoms with van der Waals surface area (Å²) >= 11 is 0. The van der Waals surface area contributed by atoms with Gasteiger partial charge in [-0.25, -0.2) is 0 Å². The Morgan fingerprint density at radius 3 is 2.47 bits per heavy atom. The molecule has 0 spiro atoms. The van der Waals surface area contributed by atoms with Gasteiger partial charge in [0.25, 0.3) is 5.69 Å². The van der Waals surface area contributed by atoms with Crippen molar-refractivity contribution in [3.63, 3.8) is 0 Å². The lowest BCUT2D eigenvalue weighted by Crippen LogP contribution is -2.48. The fourth-order valence-corrected chi connectivity index (χ4v) is 4.23. The van der Waals surface area contributed by atoms with Gasteiger partial charge in [-0.3, -0.25) is 19.7 Å². The van der Waals surface area contributed by atoms with E-state index in [1.54, 1.807) is 26.2 Å². The van der Waals surface area contributed by atoms with E-state index in [9.17, 15) is 19.7 Å². The molecule has 9 nitrogen and oxygen atoms in total. The average molecular weight is 450 g/mol. The first-order valence-electron chi connectivity index (χ1n) is 11.2. The maximum absolute atomic E-state index is 12.3. The third kappa shape index (κ3) is 6.91. The van der Waals surface area contributed by atoms with Gasteiger partial charge in [-0.1, -0.05) is 26.8 Å². The molecule has 1 aromatic carbocycles. The van der Waals surface area contributed by atoms with E-state index in [0.717, 1.165) is 12.8 Å². The molecule has 0 aromatic heterocycles. The molecule has 32 heavy (non-hydrogen) atoms. The van der Waals surface area contributed by atoms with Gasteiger partial charge in [-0.15, -0.1) is 0 Å². The van der Waals surface area contributed by atoms with Gasteiger partial charge in [0.1, 0.15) is 5.69 Å². The second-order valence-corrected chi connectivity index (χ2v) is 8.91. The molecule has 178 valence electrons. The topological polar surface area (TPSA) is 113 Å². The molecule has 0 unspecified atom stereocenters. The van der Waals surface area contributed by atoms with Crippen LogP contribution in [0.1, 0.15) is 57.9 Å². The van der Waals surface area contributed by atoms with E-state index in [1.165, 1.54) is 6.07 Å². The number of benzene rings is 1. The maximum Gasteiger partial charge on any atom is 0.303 e. The third-order valence-corrected chi connectivity index (χ3v) is 5.90. The van der Waals surface area contributed by atoms with Gasteiger partial charge >= 0.3 is 5.97 Å². The van der Waals surface area contributed by atoms with Crippen LogP contribution in [0.3, 0.4) is 0 Å². The number of nitro benzene ring substituents is 1. The van der Waals surface area contributed by atoms with Crippen LogP contribution in [-0.4, -0.2) is 66.2 Å². The van der Waals surface area contributed by atoms with Crippen molar-refractivity contribution < 1.29 is 24.4 Å². The van der Waals surface area contributed by atoms with Crippen molar-refractivity contribution in [1.29, 1.82) is 0 Å². The van der Waals surface area contributed by atoms with Gasteiger partial charge < -0.3 is 19.6 Å². The molecule has 0 radical (unpaired) electrons. The number of piperidine rings is 1. The predicted molar refractivity (Wildman–Crippen MR) is 122 cm³/mol. The first-order valence-corrected chi connectivity index (χ1v) is 11.2. The minimum Gasteiger partial charge on any atom is -0.481 e. The number of anilines is 1. The van der Waals surface area contributed by atoms with Crippen LogP contribution in [0.15, 0.2) is 18.2 Å². The van der Waals surface area contributed by atoms with Crippen molar-refractivity contribution in [3.8, 4) is 0 Å². The number of nitro groups is 1. The molecule has 9 heteroatoms. The number of carboxylic acid groups (broad SMARTS) is 1. The number of aliphatic carboxylic acids is 1.